The quantitative estimate of drug-likeness (QED) is 0.475. The van der Waals surface area contributed by atoms with Crippen LogP contribution in [0.25, 0.3) is 0 Å². The fourth-order valence-corrected chi connectivity index (χ4v) is 4.67. The van der Waals surface area contributed by atoms with Gasteiger partial charge < -0.3 is 24.3 Å². The van der Waals surface area contributed by atoms with Crippen LogP contribution in [0.4, 0.5) is 11.4 Å². The van der Waals surface area contributed by atoms with E-state index in [1.807, 2.05) is 18.2 Å². The molecule has 10 heteroatoms. The fourth-order valence-electron chi connectivity index (χ4n) is 3.41. The molecule has 0 fully saturated rings. The molecular weight excluding hydrogens is 460 g/mol. The molecule has 0 aromatic heterocycles. The van der Waals surface area contributed by atoms with Gasteiger partial charge in [-0.1, -0.05) is 6.07 Å². The average molecular weight is 485 g/mol. The van der Waals surface area contributed by atoms with Crippen molar-refractivity contribution in [3.63, 3.8) is 0 Å². The molecule has 0 atom stereocenters. The molecule has 0 bridgehead atoms. The first-order valence-corrected chi connectivity index (χ1v) is 11.9. The van der Waals surface area contributed by atoms with Crippen LogP contribution >= 0.6 is 0 Å². The molecule has 1 aliphatic heterocycles. The van der Waals surface area contributed by atoms with Crippen LogP contribution in [0, 0.1) is 0 Å². The Balaban J connectivity index is 1.45. The highest BCUT2D eigenvalue weighted by molar-refractivity contribution is 7.92. The number of benzene rings is 3. The van der Waals surface area contributed by atoms with E-state index in [0.29, 0.717) is 35.0 Å². The summed E-state index contributed by atoms with van der Waals surface area (Å²) in [5.41, 5.74) is 1.63. The van der Waals surface area contributed by atoms with Crippen LogP contribution < -0.4 is 29.0 Å². The number of hydrogen-bond acceptors (Lipinski definition) is 7. The van der Waals surface area contributed by atoms with Gasteiger partial charge in [0.2, 0.25) is 12.7 Å². The highest BCUT2D eigenvalue weighted by atomic mass is 32.2. The van der Waals surface area contributed by atoms with E-state index < -0.39 is 10.0 Å². The van der Waals surface area contributed by atoms with Crippen molar-refractivity contribution in [1.29, 1.82) is 0 Å². The average Bonchev–Trinajstić information content (AvgIpc) is 3.31. The lowest BCUT2D eigenvalue weighted by molar-refractivity contribution is -0.116. The second-order valence-electron chi connectivity index (χ2n) is 7.44. The van der Waals surface area contributed by atoms with E-state index in [2.05, 4.69) is 10.0 Å². The SMILES string of the molecule is COc1ccc(NS(=O)(=O)c2cc(NC(=O)CCc3ccc4c(c3)OCO4)ccc2OC)cc1. The van der Waals surface area contributed by atoms with Crippen molar-refractivity contribution in [2.75, 3.05) is 31.1 Å². The predicted octanol–water partition coefficient (Wildman–Crippen LogP) is 3.80. The van der Waals surface area contributed by atoms with Crippen LogP contribution in [0.1, 0.15) is 12.0 Å². The van der Waals surface area contributed by atoms with Crippen LogP contribution in [-0.4, -0.2) is 35.3 Å². The minimum absolute atomic E-state index is 0.0978. The van der Waals surface area contributed by atoms with E-state index >= 15 is 0 Å². The third kappa shape index (κ3) is 5.34. The maximum Gasteiger partial charge on any atom is 0.265 e. The summed E-state index contributed by atoms with van der Waals surface area (Å²) < 4.78 is 49.5. The first-order valence-electron chi connectivity index (χ1n) is 10.4. The monoisotopic (exact) mass is 484 g/mol. The number of aryl methyl sites for hydroxylation is 1. The Kier molecular flexibility index (Phi) is 6.78. The Labute approximate surface area is 197 Å². The molecule has 0 spiro atoms. The smallest absolute Gasteiger partial charge is 0.265 e. The number of sulfonamides is 1. The van der Waals surface area contributed by atoms with Crippen molar-refractivity contribution < 1.29 is 32.2 Å². The van der Waals surface area contributed by atoms with E-state index in [1.165, 1.54) is 26.4 Å². The largest absolute Gasteiger partial charge is 0.497 e. The molecule has 2 N–H and O–H groups in total. The van der Waals surface area contributed by atoms with Crippen molar-refractivity contribution in [3.05, 3.63) is 66.2 Å². The number of rotatable bonds is 9. The lowest BCUT2D eigenvalue weighted by atomic mass is 10.1. The minimum atomic E-state index is -3.99. The van der Waals surface area contributed by atoms with Gasteiger partial charge in [-0.05, 0) is 66.6 Å². The van der Waals surface area contributed by atoms with Gasteiger partial charge in [0, 0.05) is 17.8 Å². The first kappa shape index (κ1) is 23.2. The molecule has 3 aromatic rings. The van der Waals surface area contributed by atoms with Crippen LogP contribution in [0.5, 0.6) is 23.0 Å². The third-order valence-corrected chi connectivity index (χ3v) is 6.56. The number of methoxy groups -OCH3 is 2. The molecule has 0 aliphatic carbocycles. The Morgan fingerprint density at radius 3 is 2.38 bits per heavy atom. The molecule has 0 saturated carbocycles. The molecule has 1 heterocycles. The number of amides is 1. The van der Waals surface area contributed by atoms with Gasteiger partial charge in [0.1, 0.15) is 16.4 Å². The van der Waals surface area contributed by atoms with E-state index in [9.17, 15) is 13.2 Å². The van der Waals surface area contributed by atoms with Gasteiger partial charge in [-0.3, -0.25) is 9.52 Å². The molecule has 4 rings (SSSR count). The summed E-state index contributed by atoms with van der Waals surface area (Å²) in [6, 6.07) is 16.4. The number of ether oxygens (including phenoxy) is 4. The molecular formula is C24H24N2O7S. The number of hydrogen-bond donors (Lipinski definition) is 2. The summed E-state index contributed by atoms with van der Waals surface area (Å²) in [6.45, 7) is 0.190. The van der Waals surface area contributed by atoms with E-state index in [4.69, 9.17) is 18.9 Å². The molecule has 1 aliphatic rings. The van der Waals surface area contributed by atoms with Crippen molar-refractivity contribution in [2.24, 2.45) is 0 Å². The van der Waals surface area contributed by atoms with Crippen molar-refractivity contribution in [3.8, 4) is 23.0 Å². The number of fused-ring (bicyclic) bond motifs is 1. The second-order valence-corrected chi connectivity index (χ2v) is 9.09. The Morgan fingerprint density at radius 2 is 1.65 bits per heavy atom. The fraction of sp³-hybridized carbons (Fsp3) is 0.208. The second kappa shape index (κ2) is 9.92. The maximum absolute atomic E-state index is 13.0. The van der Waals surface area contributed by atoms with E-state index in [1.54, 1.807) is 30.3 Å². The lowest BCUT2D eigenvalue weighted by Crippen LogP contribution is -2.16. The Morgan fingerprint density at radius 1 is 0.912 bits per heavy atom. The van der Waals surface area contributed by atoms with Crippen LogP contribution in [0.15, 0.2) is 65.6 Å². The normalized spacial score (nSPS) is 12.2. The number of nitrogens with one attached hydrogen (secondary N) is 2. The van der Waals surface area contributed by atoms with Gasteiger partial charge in [0.15, 0.2) is 11.5 Å². The summed E-state index contributed by atoms with van der Waals surface area (Å²) in [6.07, 6.45) is 0.695. The summed E-state index contributed by atoms with van der Waals surface area (Å²) in [7, 11) is -1.08. The number of carbonyl (C=O) groups is 1. The summed E-state index contributed by atoms with van der Waals surface area (Å²) in [5, 5.41) is 2.75. The molecule has 178 valence electrons. The summed E-state index contributed by atoms with van der Waals surface area (Å²) >= 11 is 0. The third-order valence-electron chi connectivity index (χ3n) is 5.16. The topological polar surface area (TPSA) is 112 Å². The number of anilines is 2. The highest BCUT2D eigenvalue weighted by Gasteiger charge is 2.21. The van der Waals surface area contributed by atoms with Crippen molar-refractivity contribution in [2.45, 2.75) is 17.7 Å². The molecule has 34 heavy (non-hydrogen) atoms. The summed E-state index contributed by atoms with van der Waals surface area (Å²) in [4.78, 5) is 12.4. The van der Waals surface area contributed by atoms with E-state index in [0.717, 1.165) is 5.56 Å². The maximum atomic E-state index is 13.0. The Hall–Kier alpha value is -3.92. The molecule has 0 unspecified atom stereocenters. The van der Waals surface area contributed by atoms with Crippen molar-refractivity contribution in [1.82, 2.24) is 0 Å². The molecule has 0 radical (unpaired) electrons. The first-order chi connectivity index (χ1) is 16.4. The highest BCUT2D eigenvalue weighted by Crippen LogP contribution is 2.33. The van der Waals surface area contributed by atoms with Crippen LogP contribution in [-0.2, 0) is 21.2 Å². The van der Waals surface area contributed by atoms with Crippen LogP contribution in [0.3, 0.4) is 0 Å². The zero-order valence-corrected chi connectivity index (χ0v) is 19.5. The standard InChI is InChI=1S/C24H24N2O7S/c1-30-19-8-5-17(6-9-19)26-34(28,29)23-14-18(7-11-21(23)31-2)25-24(27)12-4-16-3-10-20-22(13-16)33-15-32-20/h3,5-11,13-14,26H,4,12,15H2,1-2H3,(H,25,27). The van der Waals surface area contributed by atoms with Crippen molar-refractivity contribution >= 4 is 27.3 Å². The summed E-state index contributed by atoms with van der Waals surface area (Å²) in [5.74, 6) is 1.84. The predicted molar refractivity (Wildman–Crippen MR) is 126 cm³/mol. The van der Waals surface area contributed by atoms with E-state index in [-0.39, 0.29) is 29.8 Å². The minimum Gasteiger partial charge on any atom is -0.497 e. The molecule has 0 saturated heterocycles. The number of carbonyl (C=O) groups excluding carboxylic acids is 1. The molecule has 1 amide bonds. The van der Waals surface area contributed by atoms with Gasteiger partial charge in [0.25, 0.3) is 10.0 Å². The zero-order valence-electron chi connectivity index (χ0n) is 18.7. The lowest BCUT2D eigenvalue weighted by Gasteiger charge is -2.14. The van der Waals surface area contributed by atoms with Gasteiger partial charge in [-0.2, -0.15) is 0 Å². The Bertz CT molecular complexity index is 1290. The molecule has 3 aromatic carbocycles. The van der Waals surface area contributed by atoms with Gasteiger partial charge in [0.05, 0.1) is 14.2 Å². The van der Waals surface area contributed by atoms with Gasteiger partial charge >= 0.3 is 0 Å². The van der Waals surface area contributed by atoms with Gasteiger partial charge in [-0.15, -0.1) is 0 Å². The van der Waals surface area contributed by atoms with Crippen LogP contribution in [0.2, 0.25) is 0 Å². The zero-order chi connectivity index (χ0) is 24.1. The van der Waals surface area contributed by atoms with Gasteiger partial charge in [-0.25, -0.2) is 8.42 Å². The molecule has 9 nitrogen and oxygen atoms in total.